The van der Waals surface area contributed by atoms with Crippen LogP contribution in [0.2, 0.25) is 5.02 Å². The number of hydrogen-bond acceptors (Lipinski definition) is 5. The normalized spacial score (nSPS) is 15.6. The first-order chi connectivity index (χ1) is 17.8. The van der Waals surface area contributed by atoms with Crippen molar-refractivity contribution in [3.05, 3.63) is 82.1 Å². The second-order valence-corrected chi connectivity index (χ2v) is 10.6. The van der Waals surface area contributed by atoms with Crippen LogP contribution in [0, 0.1) is 5.82 Å². The molecular formula is C25H20ClF4NO6S. The Morgan fingerprint density at radius 2 is 1.82 bits per heavy atom. The van der Waals surface area contributed by atoms with Crippen molar-refractivity contribution in [3.8, 4) is 17.2 Å². The van der Waals surface area contributed by atoms with Gasteiger partial charge in [0.15, 0.2) is 18.2 Å². The molecule has 38 heavy (non-hydrogen) atoms. The molecule has 3 aromatic rings. The number of alkyl halides is 3. The number of hydrogen-bond donors (Lipinski definition) is 2. The summed E-state index contributed by atoms with van der Waals surface area (Å²) in [5, 5.41) is 8.90. The van der Waals surface area contributed by atoms with E-state index in [1.165, 1.54) is 6.07 Å². The lowest BCUT2D eigenvalue weighted by molar-refractivity contribution is -0.140. The number of carboxylic acids is 1. The van der Waals surface area contributed by atoms with Gasteiger partial charge in [0.05, 0.1) is 10.5 Å². The Hall–Kier alpha value is -3.35. The molecular weight excluding hydrogens is 554 g/mol. The van der Waals surface area contributed by atoms with Crippen molar-refractivity contribution in [2.24, 2.45) is 0 Å². The topological polar surface area (TPSA) is 102 Å². The number of ether oxygens (including phenoxy) is 2. The Morgan fingerprint density at radius 3 is 2.50 bits per heavy atom. The zero-order chi connectivity index (χ0) is 27.7. The van der Waals surface area contributed by atoms with Gasteiger partial charge in [0.25, 0.3) is 0 Å². The molecule has 0 fully saturated rings. The van der Waals surface area contributed by atoms with Gasteiger partial charge < -0.3 is 14.6 Å². The number of fused-ring (bicyclic) bond motifs is 1. The second kappa shape index (κ2) is 10.8. The molecule has 0 aromatic heterocycles. The Balaban J connectivity index is 1.64. The maximum absolute atomic E-state index is 14.1. The predicted molar refractivity (Wildman–Crippen MR) is 129 cm³/mol. The van der Waals surface area contributed by atoms with Crippen molar-refractivity contribution in [2.45, 2.75) is 36.4 Å². The highest BCUT2D eigenvalue weighted by atomic mass is 35.5. The lowest BCUT2D eigenvalue weighted by atomic mass is 9.87. The number of benzene rings is 3. The third-order valence-corrected chi connectivity index (χ3v) is 7.50. The molecule has 0 saturated carbocycles. The summed E-state index contributed by atoms with van der Waals surface area (Å²) in [6.45, 7) is -0.582. The first-order valence-corrected chi connectivity index (χ1v) is 13.0. The minimum atomic E-state index is -5.02. The molecule has 4 rings (SSSR count). The fraction of sp³-hybridized carbons (Fsp3) is 0.240. The number of aliphatic carboxylic acids is 1. The average molecular weight is 574 g/mol. The molecule has 13 heteroatoms. The Kier molecular flexibility index (Phi) is 7.86. The lowest BCUT2D eigenvalue weighted by Gasteiger charge is -2.28. The van der Waals surface area contributed by atoms with Crippen LogP contribution < -0.4 is 14.2 Å². The average Bonchev–Trinajstić information content (AvgIpc) is 2.84. The smallest absolute Gasteiger partial charge is 0.420 e. The minimum absolute atomic E-state index is 0.0169. The van der Waals surface area contributed by atoms with E-state index in [1.807, 2.05) is 0 Å². The molecule has 1 aliphatic rings. The molecule has 0 spiro atoms. The highest BCUT2D eigenvalue weighted by Gasteiger charge is 2.37. The van der Waals surface area contributed by atoms with Gasteiger partial charge in [0, 0.05) is 11.1 Å². The van der Waals surface area contributed by atoms with Crippen molar-refractivity contribution >= 4 is 27.6 Å². The van der Waals surface area contributed by atoms with Crippen LogP contribution >= 0.6 is 11.6 Å². The Morgan fingerprint density at radius 1 is 1.08 bits per heavy atom. The van der Waals surface area contributed by atoms with Crippen LogP contribution in [0.25, 0.3) is 0 Å². The number of sulfonamides is 1. The fourth-order valence-electron chi connectivity index (χ4n) is 4.13. The van der Waals surface area contributed by atoms with Crippen molar-refractivity contribution in [3.63, 3.8) is 0 Å². The molecule has 3 aromatic carbocycles. The van der Waals surface area contributed by atoms with Crippen LogP contribution in [0.4, 0.5) is 17.6 Å². The molecule has 0 radical (unpaired) electrons. The van der Waals surface area contributed by atoms with Crippen molar-refractivity contribution in [1.82, 2.24) is 4.72 Å². The van der Waals surface area contributed by atoms with Gasteiger partial charge in [-0.3, -0.25) is 0 Å². The second-order valence-electron chi connectivity index (χ2n) is 8.40. The van der Waals surface area contributed by atoms with Gasteiger partial charge in [-0.25, -0.2) is 22.3 Å². The van der Waals surface area contributed by atoms with E-state index in [2.05, 4.69) is 4.72 Å². The number of rotatable bonds is 8. The molecule has 202 valence electrons. The van der Waals surface area contributed by atoms with E-state index < -0.39 is 62.6 Å². The third kappa shape index (κ3) is 6.20. The summed E-state index contributed by atoms with van der Waals surface area (Å²) in [6.07, 6.45) is -3.62. The van der Waals surface area contributed by atoms with E-state index >= 15 is 0 Å². The first kappa shape index (κ1) is 27.7. The van der Waals surface area contributed by atoms with Gasteiger partial charge in [0.1, 0.15) is 11.5 Å². The van der Waals surface area contributed by atoms with Crippen molar-refractivity contribution < 1.29 is 45.4 Å². The largest absolute Gasteiger partial charge is 0.482 e. The van der Waals surface area contributed by atoms with Gasteiger partial charge in [-0.2, -0.15) is 13.2 Å². The van der Waals surface area contributed by atoms with E-state index in [0.717, 1.165) is 24.3 Å². The summed E-state index contributed by atoms with van der Waals surface area (Å²) >= 11 is 5.66. The molecule has 0 aliphatic heterocycles. The van der Waals surface area contributed by atoms with E-state index in [4.69, 9.17) is 26.2 Å². The number of carbonyl (C=O) groups is 1. The zero-order valence-corrected chi connectivity index (χ0v) is 21.0. The van der Waals surface area contributed by atoms with Gasteiger partial charge in [-0.15, -0.1) is 0 Å². The summed E-state index contributed by atoms with van der Waals surface area (Å²) in [4.78, 5) is 10.2. The summed E-state index contributed by atoms with van der Waals surface area (Å²) in [5.41, 5.74) is -0.252. The SMILES string of the molecule is O=C(O)COc1cccc2c1CCCC2NS(=O)(=O)c1ccc(Oc2ccc(Cl)cc2F)c(C(F)(F)F)c1. The molecule has 7 nitrogen and oxygen atoms in total. The zero-order valence-electron chi connectivity index (χ0n) is 19.4. The van der Waals surface area contributed by atoms with E-state index in [-0.39, 0.29) is 5.02 Å². The van der Waals surface area contributed by atoms with Gasteiger partial charge >= 0.3 is 12.1 Å². The molecule has 0 saturated heterocycles. The van der Waals surface area contributed by atoms with Crippen LogP contribution in [0.5, 0.6) is 17.2 Å². The van der Waals surface area contributed by atoms with Gasteiger partial charge in [-0.05, 0) is 72.9 Å². The quantitative estimate of drug-likeness (QED) is 0.315. The van der Waals surface area contributed by atoms with Crippen molar-refractivity contribution in [2.75, 3.05) is 6.61 Å². The van der Waals surface area contributed by atoms with E-state index in [9.17, 15) is 30.8 Å². The molecule has 1 atom stereocenters. The standard InChI is InChI=1S/C25H20ClF4NO6S/c26-14-7-9-23(19(27)11-14)37-22-10-8-15(12-18(22)25(28,29)30)38(34,35)31-20-5-1-4-17-16(20)3-2-6-21(17)36-13-24(32)33/h2-3,6-12,20,31H,1,4-5,13H2,(H,32,33). The van der Waals surface area contributed by atoms with E-state index in [1.54, 1.807) is 18.2 Å². The molecule has 0 heterocycles. The summed E-state index contributed by atoms with van der Waals surface area (Å²) in [5.74, 6) is -3.19. The lowest BCUT2D eigenvalue weighted by Crippen LogP contribution is -2.31. The van der Waals surface area contributed by atoms with Crippen molar-refractivity contribution in [1.29, 1.82) is 0 Å². The summed E-state index contributed by atoms with van der Waals surface area (Å²) in [7, 11) is -4.46. The third-order valence-electron chi connectivity index (χ3n) is 5.79. The van der Waals surface area contributed by atoms with Crippen LogP contribution in [0.3, 0.4) is 0 Å². The predicted octanol–water partition coefficient (Wildman–Crippen LogP) is 6.11. The van der Waals surface area contributed by atoms with Gasteiger partial charge in [-0.1, -0.05) is 23.7 Å². The molecule has 0 amide bonds. The number of carboxylic acid groups (broad SMARTS) is 1. The monoisotopic (exact) mass is 573 g/mol. The molecule has 2 N–H and O–H groups in total. The van der Waals surface area contributed by atoms with E-state index in [0.29, 0.717) is 42.2 Å². The Bertz CT molecular complexity index is 1480. The Labute approximate surface area is 220 Å². The number of halogens is 5. The van der Waals surface area contributed by atoms with Crippen LogP contribution in [-0.2, 0) is 27.4 Å². The fourth-order valence-corrected chi connectivity index (χ4v) is 5.57. The summed E-state index contributed by atoms with van der Waals surface area (Å²) in [6, 6.07) is 9.31. The number of nitrogens with one attached hydrogen (secondary N) is 1. The highest BCUT2D eigenvalue weighted by Crippen LogP contribution is 2.41. The van der Waals surface area contributed by atoms with Crippen LogP contribution in [-0.4, -0.2) is 26.1 Å². The maximum Gasteiger partial charge on any atom is 0.420 e. The van der Waals surface area contributed by atoms with Crippen LogP contribution in [0.1, 0.15) is 35.6 Å². The summed E-state index contributed by atoms with van der Waals surface area (Å²) < 4.78 is 94.8. The van der Waals surface area contributed by atoms with Gasteiger partial charge in [0.2, 0.25) is 10.0 Å². The molecule has 1 aliphatic carbocycles. The molecule has 0 bridgehead atoms. The first-order valence-electron chi connectivity index (χ1n) is 11.2. The molecule has 1 unspecified atom stereocenters. The maximum atomic E-state index is 14.1. The highest BCUT2D eigenvalue weighted by molar-refractivity contribution is 7.89. The minimum Gasteiger partial charge on any atom is -0.482 e. The van der Waals surface area contributed by atoms with Crippen LogP contribution in [0.15, 0.2) is 59.5 Å².